The van der Waals surface area contributed by atoms with E-state index in [1.807, 2.05) is 6.92 Å². The highest BCUT2D eigenvalue weighted by Crippen LogP contribution is 2.28. The Kier molecular flexibility index (Phi) is 4.49. The van der Waals surface area contributed by atoms with E-state index >= 15 is 0 Å². The van der Waals surface area contributed by atoms with Crippen LogP contribution >= 0.6 is 0 Å². The zero-order valence-corrected chi connectivity index (χ0v) is 10.9. The lowest BCUT2D eigenvalue weighted by molar-refractivity contribution is 0.0962. The van der Waals surface area contributed by atoms with Crippen molar-refractivity contribution in [3.05, 3.63) is 35.6 Å². The van der Waals surface area contributed by atoms with Gasteiger partial charge >= 0.3 is 0 Å². The Hall–Kier alpha value is -1.91. The Balaban J connectivity index is 2.01. The molecule has 4 nitrogen and oxygen atoms in total. The SMILES string of the molecule is CCOC(=NCC1CC1)NC(=O)c1ccccc1F. The largest absolute Gasteiger partial charge is 0.465 e. The van der Waals surface area contributed by atoms with Crippen LogP contribution in [-0.4, -0.2) is 25.1 Å². The molecular weight excluding hydrogens is 247 g/mol. The van der Waals surface area contributed by atoms with Crippen LogP contribution in [0.15, 0.2) is 29.3 Å². The van der Waals surface area contributed by atoms with Crippen LogP contribution in [0.3, 0.4) is 0 Å². The normalized spacial score (nSPS) is 15.2. The first-order chi connectivity index (χ1) is 9.20. The summed E-state index contributed by atoms with van der Waals surface area (Å²) in [6.45, 7) is 2.86. The molecule has 1 aromatic carbocycles. The number of ether oxygens (including phenoxy) is 1. The van der Waals surface area contributed by atoms with Gasteiger partial charge in [0.25, 0.3) is 11.9 Å². The number of amides is 1. The Morgan fingerprint density at radius 1 is 1.47 bits per heavy atom. The summed E-state index contributed by atoms with van der Waals surface area (Å²) in [6, 6.07) is 5.99. The van der Waals surface area contributed by atoms with E-state index in [1.165, 1.54) is 31.0 Å². The maximum absolute atomic E-state index is 13.5. The molecule has 1 N–H and O–H groups in total. The molecule has 0 bridgehead atoms. The van der Waals surface area contributed by atoms with Crippen molar-refractivity contribution in [2.45, 2.75) is 19.8 Å². The van der Waals surface area contributed by atoms with E-state index in [0.29, 0.717) is 19.1 Å². The summed E-state index contributed by atoms with van der Waals surface area (Å²) in [7, 11) is 0. The molecule has 0 unspecified atom stereocenters. The van der Waals surface area contributed by atoms with Gasteiger partial charge in [0.1, 0.15) is 5.82 Å². The molecule has 0 saturated heterocycles. The molecule has 1 aromatic rings. The minimum atomic E-state index is -0.557. The molecule has 19 heavy (non-hydrogen) atoms. The maximum Gasteiger partial charge on any atom is 0.291 e. The molecule has 1 fully saturated rings. The van der Waals surface area contributed by atoms with E-state index in [2.05, 4.69) is 10.3 Å². The zero-order valence-electron chi connectivity index (χ0n) is 10.9. The Morgan fingerprint density at radius 3 is 2.84 bits per heavy atom. The third-order valence-corrected chi connectivity index (χ3v) is 2.81. The van der Waals surface area contributed by atoms with Crippen molar-refractivity contribution >= 4 is 11.9 Å². The fraction of sp³-hybridized carbons (Fsp3) is 0.429. The second kappa shape index (κ2) is 6.31. The van der Waals surface area contributed by atoms with E-state index in [4.69, 9.17) is 4.74 Å². The van der Waals surface area contributed by atoms with Crippen molar-refractivity contribution in [2.24, 2.45) is 10.9 Å². The fourth-order valence-electron chi connectivity index (χ4n) is 1.58. The number of benzene rings is 1. The van der Waals surface area contributed by atoms with Gasteiger partial charge in [-0.2, -0.15) is 0 Å². The van der Waals surface area contributed by atoms with Crippen LogP contribution in [0.1, 0.15) is 30.1 Å². The predicted octanol–water partition coefficient (Wildman–Crippen LogP) is 2.36. The summed E-state index contributed by atoms with van der Waals surface area (Å²) >= 11 is 0. The molecule has 1 saturated carbocycles. The first kappa shape index (κ1) is 13.5. The van der Waals surface area contributed by atoms with Crippen molar-refractivity contribution in [3.8, 4) is 0 Å². The molecule has 0 aliphatic heterocycles. The third-order valence-electron chi connectivity index (χ3n) is 2.81. The molecule has 1 aliphatic rings. The molecule has 0 aromatic heterocycles. The Labute approximate surface area is 111 Å². The number of hydrogen-bond donors (Lipinski definition) is 1. The van der Waals surface area contributed by atoms with Crippen molar-refractivity contribution in [1.29, 1.82) is 0 Å². The van der Waals surface area contributed by atoms with E-state index in [0.717, 1.165) is 0 Å². The summed E-state index contributed by atoms with van der Waals surface area (Å²) < 4.78 is 18.7. The number of amidine groups is 1. The van der Waals surface area contributed by atoms with Crippen LogP contribution in [-0.2, 0) is 4.74 Å². The van der Waals surface area contributed by atoms with Crippen LogP contribution in [0.5, 0.6) is 0 Å². The van der Waals surface area contributed by atoms with E-state index < -0.39 is 11.7 Å². The smallest absolute Gasteiger partial charge is 0.291 e. The first-order valence-electron chi connectivity index (χ1n) is 6.43. The number of aliphatic imine (C=N–C) groups is 1. The summed E-state index contributed by atoms with van der Waals surface area (Å²) in [5.41, 5.74) is -0.0127. The Morgan fingerprint density at radius 2 is 2.21 bits per heavy atom. The van der Waals surface area contributed by atoms with Gasteiger partial charge in [-0.25, -0.2) is 9.38 Å². The van der Waals surface area contributed by atoms with Crippen LogP contribution < -0.4 is 5.32 Å². The molecule has 0 spiro atoms. The minimum Gasteiger partial charge on any atom is -0.465 e. The lowest BCUT2D eigenvalue weighted by atomic mass is 10.2. The average molecular weight is 264 g/mol. The number of halogens is 1. The monoisotopic (exact) mass is 264 g/mol. The highest BCUT2D eigenvalue weighted by molar-refractivity contribution is 6.04. The molecule has 1 aliphatic carbocycles. The van der Waals surface area contributed by atoms with Crippen LogP contribution in [0.25, 0.3) is 0 Å². The molecular formula is C14H17FN2O2. The third kappa shape index (κ3) is 4.05. The minimum absolute atomic E-state index is 0.0127. The van der Waals surface area contributed by atoms with E-state index in [9.17, 15) is 9.18 Å². The maximum atomic E-state index is 13.5. The summed E-state index contributed by atoms with van der Waals surface area (Å²) in [5.74, 6) is -0.500. The summed E-state index contributed by atoms with van der Waals surface area (Å²) in [6.07, 6.45) is 2.34. The topological polar surface area (TPSA) is 50.7 Å². The van der Waals surface area contributed by atoms with Gasteiger partial charge in [0, 0.05) is 6.54 Å². The number of carbonyl (C=O) groups excluding carboxylic acids is 1. The standard InChI is InChI=1S/C14H17FN2O2/c1-2-19-14(16-9-10-7-8-10)17-13(18)11-5-3-4-6-12(11)15/h3-6,10H,2,7-9H2,1H3,(H,16,17,18). The van der Waals surface area contributed by atoms with Gasteiger partial charge in [0.15, 0.2) is 0 Å². The predicted molar refractivity (Wildman–Crippen MR) is 70.5 cm³/mol. The number of hydrogen-bond acceptors (Lipinski definition) is 3. The first-order valence-corrected chi connectivity index (χ1v) is 6.43. The molecule has 0 heterocycles. The van der Waals surface area contributed by atoms with Gasteiger partial charge in [-0.05, 0) is 37.8 Å². The van der Waals surface area contributed by atoms with Gasteiger partial charge in [-0.1, -0.05) is 12.1 Å². The van der Waals surface area contributed by atoms with Crippen molar-refractivity contribution in [1.82, 2.24) is 5.32 Å². The Bertz CT molecular complexity index is 484. The van der Waals surface area contributed by atoms with Crippen LogP contribution in [0, 0.1) is 11.7 Å². The second-order valence-corrected chi connectivity index (χ2v) is 4.46. The van der Waals surface area contributed by atoms with Crippen LogP contribution in [0.2, 0.25) is 0 Å². The highest BCUT2D eigenvalue weighted by Gasteiger charge is 2.21. The van der Waals surface area contributed by atoms with Gasteiger partial charge in [-0.3, -0.25) is 10.1 Å². The quantitative estimate of drug-likeness (QED) is 0.670. The van der Waals surface area contributed by atoms with Gasteiger partial charge in [0.05, 0.1) is 12.2 Å². The van der Waals surface area contributed by atoms with Crippen molar-refractivity contribution < 1.29 is 13.9 Å². The zero-order chi connectivity index (χ0) is 13.7. The molecule has 102 valence electrons. The highest BCUT2D eigenvalue weighted by atomic mass is 19.1. The molecule has 0 radical (unpaired) electrons. The average Bonchev–Trinajstić information content (AvgIpc) is 3.20. The second-order valence-electron chi connectivity index (χ2n) is 4.46. The summed E-state index contributed by atoms with van der Waals surface area (Å²) in [5, 5.41) is 2.51. The molecule has 1 amide bonds. The molecule has 0 atom stereocenters. The van der Waals surface area contributed by atoms with E-state index in [1.54, 1.807) is 6.07 Å². The lowest BCUT2D eigenvalue weighted by Gasteiger charge is -2.09. The van der Waals surface area contributed by atoms with Crippen molar-refractivity contribution in [2.75, 3.05) is 13.2 Å². The number of nitrogens with one attached hydrogen (secondary N) is 1. The number of carbonyl (C=O) groups is 1. The van der Waals surface area contributed by atoms with Gasteiger partial charge in [0.2, 0.25) is 0 Å². The van der Waals surface area contributed by atoms with E-state index in [-0.39, 0.29) is 11.6 Å². The molecule has 2 rings (SSSR count). The molecule has 5 heteroatoms. The summed E-state index contributed by atoms with van der Waals surface area (Å²) in [4.78, 5) is 16.1. The van der Waals surface area contributed by atoms with Crippen LogP contribution in [0.4, 0.5) is 4.39 Å². The fourth-order valence-corrected chi connectivity index (χ4v) is 1.58. The number of rotatable bonds is 4. The van der Waals surface area contributed by atoms with Crippen molar-refractivity contribution in [3.63, 3.8) is 0 Å². The number of nitrogens with zero attached hydrogens (tertiary/aromatic N) is 1. The van der Waals surface area contributed by atoms with Gasteiger partial charge < -0.3 is 4.74 Å². The lowest BCUT2D eigenvalue weighted by Crippen LogP contribution is -2.33. The van der Waals surface area contributed by atoms with Gasteiger partial charge in [-0.15, -0.1) is 0 Å².